The zero-order valence-electron chi connectivity index (χ0n) is 13.0. The van der Waals surface area contributed by atoms with Gasteiger partial charge in [-0.3, -0.25) is 0 Å². The van der Waals surface area contributed by atoms with E-state index in [1.54, 1.807) is 0 Å². The lowest BCUT2D eigenvalue weighted by Crippen LogP contribution is -1.85. The van der Waals surface area contributed by atoms with Crippen LogP contribution < -0.4 is 0 Å². The topological polar surface area (TPSA) is 0 Å². The summed E-state index contributed by atoms with van der Waals surface area (Å²) in [7, 11) is 0. The average molecular weight is 301 g/mol. The molecule has 0 heterocycles. The number of fused-ring (bicyclic) bond motifs is 8. The number of hydrogen-bond donors (Lipinski definition) is 0. The molecule has 0 aliphatic heterocycles. The molecule has 6 rings (SSSR count). The van der Waals surface area contributed by atoms with Crippen LogP contribution in [0.25, 0.3) is 54.6 Å². The van der Waals surface area contributed by atoms with E-state index in [9.17, 15) is 0 Å². The molecule has 109 valence electrons. The standard InChI is InChI=1S/C24H13/c1-3-11-18-16(9-1)17-10-2-4-12-19(17)24-21-14-6-8-15-7-5-13-20(22(15)21)23(18)24/h1-7,9-14H. The van der Waals surface area contributed by atoms with Gasteiger partial charge in [0.15, 0.2) is 0 Å². The van der Waals surface area contributed by atoms with E-state index in [0.717, 1.165) is 0 Å². The highest BCUT2D eigenvalue weighted by atomic mass is 14.3. The summed E-state index contributed by atoms with van der Waals surface area (Å²) in [4.78, 5) is 0. The van der Waals surface area contributed by atoms with Gasteiger partial charge in [0.2, 0.25) is 0 Å². The Bertz CT molecular complexity index is 1190. The summed E-state index contributed by atoms with van der Waals surface area (Å²) in [5.74, 6) is 0. The van der Waals surface area contributed by atoms with Crippen LogP contribution in [0.1, 0.15) is 0 Å². The third kappa shape index (κ3) is 1.35. The maximum atomic E-state index is 3.40. The molecule has 1 aliphatic carbocycles. The van der Waals surface area contributed by atoms with Crippen molar-refractivity contribution in [1.82, 2.24) is 0 Å². The molecule has 0 saturated carbocycles. The fourth-order valence-corrected chi connectivity index (χ4v) is 4.38. The molecule has 0 bridgehead atoms. The average Bonchev–Trinajstić information content (AvgIpc) is 2.99. The van der Waals surface area contributed by atoms with Crippen LogP contribution in [0.4, 0.5) is 0 Å². The van der Waals surface area contributed by atoms with Gasteiger partial charge in [0.1, 0.15) is 0 Å². The van der Waals surface area contributed by atoms with E-state index < -0.39 is 0 Å². The highest BCUT2D eigenvalue weighted by molar-refractivity contribution is 6.30. The first-order valence-electron chi connectivity index (χ1n) is 8.31. The zero-order valence-corrected chi connectivity index (χ0v) is 13.0. The second-order valence-electron chi connectivity index (χ2n) is 6.46. The summed E-state index contributed by atoms with van der Waals surface area (Å²) in [5.41, 5.74) is 5.45. The molecule has 24 heavy (non-hydrogen) atoms. The summed E-state index contributed by atoms with van der Waals surface area (Å²) in [6, 6.07) is 31.8. The van der Waals surface area contributed by atoms with Crippen molar-refractivity contribution in [3.8, 4) is 22.3 Å². The fraction of sp³-hybridized carbons (Fsp3) is 0. The molecule has 5 aromatic carbocycles. The highest BCUT2D eigenvalue weighted by Crippen LogP contribution is 2.53. The van der Waals surface area contributed by atoms with Crippen molar-refractivity contribution in [2.75, 3.05) is 0 Å². The van der Waals surface area contributed by atoms with Crippen LogP contribution in [0.2, 0.25) is 0 Å². The van der Waals surface area contributed by atoms with Crippen molar-refractivity contribution in [3.05, 3.63) is 84.9 Å². The summed E-state index contributed by atoms with van der Waals surface area (Å²) in [6.45, 7) is 0. The summed E-state index contributed by atoms with van der Waals surface area (Å²) < 4.78 is 0. The monoisotopic (exact) mass is 301 g/mol. The Labute approximate surface area is 140 Å². The second kappa shape index (κ2) is 4.24. The lowest BCUT2D eigenvalue weighted by molar-refractivity contribution is 1.75. The minimum atomic E-state index is 1.20. The third-order valence-electron chi connectivity index (χ3n) is 5.29. The van der Waals surface area contributed by atoms with E-state index in [0.29, 0.717) is 0 Å². The van der Waals surface area contributed by atoms with Gasteiger partial charge >= 0.3 is 0 Å². The molecule has 0 spiro atoms. The molecule has 0 nitrogen and oxygen atoms in total. The second-order valence-corrected chi connectivity index (χ2v) is 6.46. The maximum absolute atomic E-state index is 3.40. The normalized spacial score (nSPS) is 12.2. The van der Waals surface area contributed by atoms with Crippen LogP contribution in [0.3, 0.4) is 0 Å². The summed E-state index contributed by atoms with van der Waals surface area (Å²) in [5, 5.41) is 7.90. The molecular formula is C24H13. The Hall–Kier alpha value is -3.12. The van der Waals surface area contributed by atoms with E-state index in [2.05, 4.69) is 84.9 Å². The summed E-state index contributed by atoms with van der Waals surface area (Å²) in [6.07, 6.45) is 0. The van der Waals surface area contributed by atoms with Crippen LogP contribution in [0, 0.1) is 6.07 Å². The predicted molar refractivity (Wildman–Crippen MR) is 102 cm³/mol. The Kier molecular flexibility index (Phi) is 2.18. The first kappa shape index (κ1) is 12.3. The Morgan fingerprint density at radius 3 is 1.75 bits per heavy atom. The molecule has 1 aliphatic rings. The molecule has 0 saturated heterocycles. The number of hydrogen-bond acceptors (Lipinski definition) is 0. The maximum Gasteiger partial charge on any atom is -0.00137 e. The van der Waals surface area contributed by atoms with Gasteiger partial charge in [-0.2, -0.15) is 0 Å². The van der Waals surface area contributed by atoms with Crippen molar-refractivity contribution < 1.29 is 0 Å². The van der Waals surface area contributed by atoms with Gasteiger partial charge in [-0.15, -0.1) is 0 Å². The van der Waals surface area contributed by atoms with E-state index in [4.69, 9.17) is 0 Å². The van der Waals surface area contributed by atoms with E-state index in [1.165, 1.54) is 54.6 Å². The minimum Gasteiger partial charge on any atom is -0.0616 e. The molecule has 0 unspecified atom stereocenters. The fourth-order valence-electron chi connectivity index (χ4n) is 4.38. The third-order valence-corrected chi connectivity index (χ3v) is 5.29. The van der Waals surface area contributed by atoms with Gasteiger partial charge in [-0.05, 0) is 60.6 Å². The van der Waals surface area contributed by atoms with Crippen LogP contribution in [0.15, 0.2) is 78.9 Å². The molecule has 0 N–H and O–H groups in total. The summed E-state index contributed by atoms with van der Waals surface area (Å²) >= 11 is 0. The number of rotatable bonds is 0. The SMILES string of the molecule is [c]1ccc2c3c(cccc13)-c1c-2c2ccccc2c2ccccc12. The van der Waals surface area contributed by atoms with Gasteiger partial charge in [-0.25, -0.2) is 0 Å². The van der Waals surface area contributed by atoms with Crippen LogP contribution in [-0.4, -0.2) is 0 Å². The molecule has 0 fully saturated rings. The van der Waals surface area contributed by atoms with Gasteiger partial charge < -0.3 is 0 Å². The smallest absolute Gasteiger partial charge is 0.00137 e. The van der Waals surface area contributed by atoms with Crippen LogP contribution in [-0.2, 0) is 0 Å². The van der Waals surface area contributed by atoms with Crippen molar-refractivity contribution in [2.45, 2.75) is 0 Å². The number of benzene rings is 5. The van der Waals surface area contributed by atoms with Crippen molar-refractivity contribution in [3.63, 3.8) is 0 Å². The van der Waals surface area contributed by atoms with E-state index >= 15 is 0 Å². The largest absolute Gasteiger partial charge is 0.0616 e. The van der Waals surface area contributed by atoms with Gasteiger partial charge in [0, 0.05) is 0 Å². The first-order valence-corrected chi connectivity index (χ1v) is 8.31. The lowest BCUT2D eigenvalue weighted by Gasteiger charge is -2.12. The predicted octanol–water partition coefficient (Wildman–Crippen LogP) is 6.59. The molecule has 0 aromatic heterocycles. The van der Waals surface area contributed by atoms with Crippen molar-refractivity contribution in [2.24, 2.45) is 0 Å². The van der Waals surface area contributed by atoms with Gasteiger partial charge in [0.25, 0.3) is 0 Å². The molecular weight excluding hydrogens is 288 g/mol. The molecule has 0 atom stereocenters. The molecule has 0 amide bonds. The Balaban J connectivity index is 2.00. The minimum absolute atomic E-state index is 1.20. The molecule has 1 radical (unpaired) electrons. The molecule has 5 aromatic rings. The zero-order chi connectivity index (χ0) is 15.7. The van der Waals surface area contributed by atoms with Gasteiger partial charge in [0.05, 0.1) is 0 Å². The van der Waals surface area contributed by atoms with Gasteiger partial charge in [-0.1, -0.05) is 78.9 Å². The first-order chi connectivity index (χ1) is 11.9. The van der Waals surface area contributed by atoms with E-state index in [1.807, 2.05) is 0 Å². The Morgan fingerprint density at radius 2 is 1.08 bits per heavy atom. The van der Waals surface area contributed by atoms with Crippen LogP contribution in [0.5, 0.6) is 0 Å². The van der Waals surface area contributed by atoms with Crippen LogP contribution >= 0.6 is 0 Å². The Morgan fingerprint density at radius 1 is 0.500 bits per heavy atom. The van der Waals surface area contributed by atoms with Crippen molar-refractivity contribution in [1.29, 1.82) is 0 Å². The van der Waals surface area contributed by atoms with Crippen molar-refractivity contribution >= 4 is 32.3 Å². The quantitative estimate of drug-likeness (QED) is 0.277. The molecule has 0 heteroatoms. The lowest BCUT2D eigenvalue weighted by atomic mass is 9.90. The van der Waals surface area contributed by atoms with E-state index in [-0.39, 0.29) is 0 Å². The highest BCUT2D eigenvalue weighted by Gasteiger charge is 2.25.